The average molecular weight is 332 g/mol. The molecule has 1 N–H and O–H groups in total. The third-order valence-electron chi connectivity index (χ3n) is 4.35. The molecule has 4 aromatic rings. The Labute approximate surface area is 146 Å². The number of H-pyrrole nitrogens is 1. The Balaban J connectivity index is 1.51. The normalized spacial score (nSPS) is 11.1. The molecule has 2 aromatic carbocycles. The van der Waals surface area contributed by atoms with Crippen LogP contribution in [0.1, 0.15) is 6.92 Å². The minimum Gasteiger partial charge on any atom is -0.370 e. The number of hydrogen-bond donors (Lipinski definition) is 1. The van der Waals surface area contributed by atoms with Crippen molar-refractivity contribution in [3.63, 3.8) is 0 Å². The molecule has 0 fully saturated rings. The van der Waals surface area contributed by atoms with Gasteiger partial charge in [-0.15, -0.1) is 5.10 Å². The first-order chi connectivity index (χ1) is 12.3. The van der Waals surface area contributed by atoms with Gasteiger partial charge in [0.2, 0.25) is 0 Å². The predicted molar refractivity (Wildman–Crippen MR) is 99.4 cm³/mol. The molecule has 0 spiro atoms. The van der Waals surface area contributed by atoms with Crippen molar-refractivity contribution >= 4 is 16.7 Å². The number of nitrogens with one attached hydrogen (secondary N) is 1. The number of aromatic nitrogens is 5. The number of anilines is 1. The molecule has 0 aliphatic heterocycles. The maximum atomic E-state index is 4.66. The van der Waals surface area contributed by atoms with Crippen LogP contribution in [0, 0.1) is 0 Å². The molecule has 0 bridgehead atoms. The zero-order chi connectivity index (χ0) is 17.1. The van der Waals surface area contributed by atoms with Crippen LogP contribution in [0.3, 0.4) is 0 Å². The van der Waals surface area contributed by atoms with Crippen molar-refractivity contribution in [2.45, 2.75) is 13.5 Å². The lowest BCUT2D eigenvalue weighted by atomic mass is 10.2. The molecule has 6 heteroatoms. The first kappa shape index (κ1) is 15.4. The van der Waals surface area contributed by atoms with Crippen LogP contribution in [0.15, 0.2) is 60.9 Å². The van der Waals surface area contributed by atoms with Crippen molar-refractivity contribution in [3.05, 3.63) is 60.9 Å². The molecule has 0 saturated carbocycles. The van der Waals surface area contributed by atoms with E-state index < -0.39 is 0 Å². The highest BCUT2D eigenvalue weighted by Crippen LogP contribution is 2.23. The van der Waals surface area contributed by atoms with E-state index in [1.807, 2.05) is 35.1 Å². The van der Waals surface area contributed by atoms with Crippen LogP contribution >= 0.6 is 0 Å². The Morgan fingerprint density at radius 3 is 2.64 bits per heavy atom. The molecule has 0 atom stereocenters. The topological polar surface area (TPSA) is 62.6 Å². The molecule has 0 aliphatic rings. The lowest BCUT2D eigenvalue weighted by Gasteiger charge is -2.23. The van der Waals surface area contributed by atoms with Crippen LogP contribution in [0.2, 0.25) is 0 Å². The van der Waals surface area contributed by atoms with Crippen LogP contribution in [-0.2, 0) is 6.54 Å². The molecule has 4 rings (SSSR count). The molecule has 6 nitrogen and oxygen atoms in total. The highest BCUT2D eigenvalue weighted by molar-refractivity contribution is 5.79. The maximum absolute atomic E-state index is 4.66. The first-order valence-electron chi connectivity index (χ1n) is 8.48. The molecule has 0 radical (unpaired) electrons. The lowest BCUT2D eigenvalue weighted by Crippen LogP contribution is -2.27. The second kappa shape index (κ2) is 6.76. The summed E-state index contributed by atoms with van der Waals surface area (Å²) in [7, 11) is 0. The molecule has 25 heavy (non-hydrogen) atoms. The van der Waals surface area contributed by atoms with E-state index in [0.717, 1.165) is 42.1 Å². The molecule has 126 valence electrons. The van der Waals surface area contributed by atoms with Crippen molar-refractivity contribution in [2.24, 2.45) is 0 Å². The highest BCUT2D eigenvalue weighted by Gasteiger charge is 2.08. The van der Waals surface area contributed by atoms with Gasteiger partial charge in [-0.05, 0) is 43.3 Å². The zero-order valence-corrected chi connectivity index (χ0v) is 14.1. The van der Waals surface area contributed by atoms with E-state index in [-0.39, 0.29) is 0 Å². The van der Waals surface area contributed by atoms with Gasteiger partial charge < -0.3 is 9.88 Å². The number of hydrogen-bond acceptors (Lipinski definition) is 4. The van der Waals surface area contributed by atoms with Gasteiger partial charge >= 0.3 is 0 Å². The Hall–Kier alpha value is -3.15. The summed E-state index contributed by atoms with van der Waals surface area (Å²) in [5.74, 6) is 0.901. The lowest BCUT2D eigenvalue weighted by molar-refractivity contribution is 0.579. The van der Waals surface area contributed by atoms with Crippen molar-refractivity contribution in [1.29, 1.82) is 0 Å². The van der Waals surface area contributed by atoms with Gasteiger partial charge in [0.25, 0.3) is 0 Å². The van der Waals surface area contributed by atoms with Gasteiger partial charge in [0.1, 0.15) is 5.82 Å². The predicted octanol–water partition coefficient (Wildman–Crippen LogP) is 3.35. The highest BCUT2D eigenvalue weighted by atomic mass is 15.4. The molecule has 0 saturated heterocycles. The molecule has 0 aliphatic carbocycles. The van der Waals surface area contributed by atoms with E-state index in [2.05, 4.69) is 56.4 Å². The van der Waals surface area contributed by atoms with Crippen molar-refractivity contribution in [3.8, 4) is 11.4 Å². The van der Waals surface area contributed by atoms with Crippen LogP contribution in [0.5, 0.6) is 0 Å². The minimum atomic E-state index is 0.819. The molecule has 2 heterocycles. The van der Waals surface area contributed by atoms with Crippen molar-refractivity contribution < 1.29 is 0 Å². The zero-order valence-electron chi connectivity index (χ0n) is 14.1. The average Bonchev–Trinajstić information content (AvgIpc) is 3.32. The second-order valence-electron chi connectivity index (χ2n) is 5.90. The van der Waals surface area contributed by atoms with Gasteiger partial charge in [-0.2, -0.15) is 0 Å². The van der Waals surface area contributed by atoms with Gasteiger partial charge in [-0.3, -0.25) is 4.68 Å². The van der Waals surface area contributed by atoms with E-state index in [9.17, 15) is 0 Å². The number of benzene rings is 2. The Morgan fingerprint density at radius 2 is 1.92 bits per heavy atom. The van der Waals surface area contributed by atoms with E-state index in [1.54, 1.807) is 6.20 Å². The summed E-state index contributed by atoms with van der Waals surface area (Å²) in [6, 6.07) is 16.6. The Morgan fingerprint density at radius 1 is 1.08 bits per heavy atom. The van der Waals surface area contributed by atoms with Gasteiger partial charge in [0.05, 0.1) is 23.8 Å². The molecular weight excluding hydrogens is 312 g/mol. The Bertz CT molecular complexity index is 907. The summed E-state index contributed by atoms with van der Waals surface area (Å²) < 4.78 is 1.85. The fourth-order valence-corrected chi connectivity index (χ4v) is 2.96. The summed E-state index contributed by atoms with van der Waals surface area (Å²) in [6.07, 6.45) is 3.59. The number of imidazole rings is 1. The van der Waals surface area contributed by atoms with Gasteiger partial charge in [-0.25, -0.2) is 4.98 Å². The largest absolute Gasteiger partial charge is 0.370 e. The van der Waals surface area contributed by atoms with Gasteiger partial charge in [-0.1, -0.05) is 17.3 Å². The molecule has 2 aromatic heterocycles. The second-order valence-corrected chi connectivity index (χ2v) is 5.90. The number of nitrogens with zero attached hydrogens (tertiary/aromatic N) is 5. The van der Waals surface area contributed by atoms with E-state index in [4.69, 9.17) is 0 Å². The number of aromatic amines is 1. The smallest absolute Gasteiger partial charge is 0.138 e. The maximum Gasteiger partial charge on any atom is 0.138 e. The number of para-hydroxylation sites is 2. The molecule has 0 amide bonds. The van der Waals surface area contributed by atoms with Crippen LogP contribution in [0.25, 0.3) is 22.4 Å². The van der Waals surface area contributed by atoms with Crippen LogP contribution in [-0.4, -0.2) is 38.1 Å². The SMILES string of the molecule is CCN(CCn1ccnn1)c1ccc(-c2nc3ccccc3[nH]2)cc1. The van der Waals surface area contributed by atoms with Crippen LogP contribution in [0.4, 0.5) is 5.69 Å². The fourth-order valence-electron chi connectivity index (χ4n) is 2.96. The third-order valence-corrected chi connectivity index (χ3v) is 4.35. The summed E-state index contributed by atoms with van der Waals surface area (Å²) in [5, 5.41) is 7.86. The number of likely N-dealkylation sites (N-methyl/N-ethyl adjacent to an activating group) is 1. The number of rotatable bonds is 6. The Kier molecular flexibility index (Phi) is 4.16. The van der Waals surface area contributed by atoms with Gasteiger partial charge in [0.15, 0.2) is 0 Å². The fraction of sp³-hybridized carbons (Fsp3) is 0.211. The summed E-state index contributed by atoms with van der Waals surface area (Å²) in [6.45, 7) is 4.82. The van der Waals surface area contributed by atoms with Crippen molar-refractivity contribution in [2.75, 3.05) is 18.0 Å². The minimum absolute atomic E-state index is 0.819. The van der Waals surface area contributed by atoms with E-state index in [0.29, 0.717) is 0 Å². The molecular formula is C19H20N6. The quantitative estimate of drug-likeness (QED) is 0.588. The molecule has 0 unspecified atom stereocenters. The number of fused-ring (bicyclic) bond motifs is 1. The summed E-state index contributed by atoms with van der Waals surface area (Å²) >= 11 is 0. The summed E-state index contributed by atoms with van der Waals surface area (Å²) in [5.41, 5.74) is 4.34. The van der Waals surface area contributed by atoms with E-state index in [1.165, 1.54) is 5.69 Å². The summed E-state index contributed by atoms with van der Waals surface area (Å²) in [4.78, 5) is 10.4. The monoisotopic (exact) mass is 332 g/mol. The van der Waals surface area contributed by atoms with Crippen LogP contribution < -0.4 is 4.90 Å². The van der Waals surface area contributed by atoms with Gasteiger partial charge in [0, 0.05) is 30.5 Å². The van der Waals surface area contributed by atoms with Crippen molar-refractivity contribution in [1.82, 2.24) is 25.0 Å². The van der Waals surface area contributed by atoms with E-state index >= 15 is 0 Å². The first-order valence-corrected chi connectivity index (χ1v) is 8.48. The standard InChI is InChI=1S/C19H20N6/c1-2-24(13-14-25-12-11-20-23-25)16-9-7-15(8-10-16)19-21-17-5-3-4-6-18(17)22-19/h3-12H,2,13-14H2,1H3,(H,21,22). The third kappa shape index (κ3) is 3.24.